The van der Waals surface area contributed by atoms with Crippen LogP contribution in [-0.2, 0) is 0 Å². The Labute approximate surface area is 137 Å². The monoisotopic (exact) mass is 329 g/mol. The zero-order valence-electron chi connectivity index (χ0n) is 12.8. The number of phenols is 1. The van der Waals surface area contributed by atoms with Crippen LogP contribution in [0.25, 0.3) is 0 Å². The lowest BCUT2D eigenvalue weighted by Crippen LogP contribution is -2.18. The summed E-state index contributed by atoms with van der Waals surface area (Å²) in [6, 6.07) is 10.2. The van der Waals surface area contributed by atoms with Gasteiger partial charge in [0.05, 0.1) is 23.3 Å². The zero-order chi connectivity index (χ0) is 17.5. The summed E-state index contributed by atoms with van der Waals surface area (Å²) >= 11 is 0. The van der Waals surface area contributed by atoms with Crippen molar-refractivity contribution in [2.75, 3.05) is 6.61 Å². The van der Waals surface area contributed by atoms with Crippen molar-refractivity contribution in [3.63, 3.8) is 0 Å². The highest BCUT2D eigenvalue weighted by Crippen LogP contribution is 2.21. The Balaban J connectivity index is 2.13. The molecule has 0 fully saturated rings. The number of nitro groups is 1. The van der Waals surface area contributed by atoms with E-state index in [2.05, 4.69) is 10.5 Å². The Morgan fingerprint density at radius 3 is 2.83 bits per heavy atom. The van der Waals surface area contributed by atoms with Gasteiger partial charge in [0.25, 0.3) is 11.6 Å². The van der Waals surface area contributed by atoms with E-state index in [-0.39, 0.29) is 17.0 Å². The first-order valence-corrected chi connectivity index (χ1v) is 7.05. The molecule has 0 saturated carbocycles. The van der Waals surface area contributed by atoms with Crippen LogP contribution in [0, 0.1) is 10.1 Å². The van der Waals surface area contributed by atoms with Crippen molar-refractivity contribution in [3.05, 3.63) is 63.7 Å². The Hall–Kier alpha value is -3.42. The first-order valence-electron chi connectivity index (χ1n) is 7.05. The molecule has 0 aliphatic rings. The maximum Gasteiger partial charge on any atom is 0.275 e. The van der Waals surface area contributed by atoms with Crippen LogP contribution in [0.5, 0.6) is 11.5 Å². The molecule has 124 valence electrons. The van der Waals surface area contributed by atoms with E-state index in [4.69, 9.17) is 4.74 Å². The minimum Gasteiger partial charge on any atom is -0.507 e. The highest BCUT2D eigenvalue weighted by molar-refractivity contribution is 5.97. The highest BCUT2D eigenvalue weighted by atomic mass is 16.6. The molecule has 0 aromatic heterocycles. The number of carbonyl (C=O) groups excluding carboxylic acids is 1. The number of carbonyl (C=O) groups is 1. The summed E-state index contributed by atoms with van der Waals surface area (Å²) in [6.45, 7) is 2.22. The summed E-state index contributed by atoms with van der Waals surface area (Å²) in [5.41, 5.74) is 2.52. The number of nitro benzene ring substituents is 1. The van der Waals surface area contributed by atoms with Gasteiger partial charge < -0.3 is 9.84 Å². The van der Waals surface area contributed by atoms with Gasteiger partial charge in [-0.15, -0.1) is 0 Å². The van der Waals surface area contributed by atoms with Crippen LogP contribution in [0.1, 0.15) is 22.8 Å². The summed E-state index contributed by atoms with van der Waals surface area (Å²) < 4.78 is 5.36. The number of para-hydroxylation sites is 1. The second-order valence-corrected chi connectivity index (χ2v) is 4.63. The number of hydrogen-bond donors (Lipinski definition) is 2. The standard InChI is InChI=1S/C16H15N3O5/c1-2-24-15-6-4-3-5-13(15)16(21)18-17-10-11-9-12(19(22)23)7-8-14(11)20/h3-10,20H,2H2,1H3,(H,18,21)/b17-10-. The molecule has 8 nitrogen and oxygen atoms in total. The number of amides is 1. The van der Waals surface area contributed by atoms with Crippen molar-refractivity contribution in [2.45, 2.75) is 6.92 Å². The summed E-state index contributed by atoms with van der Waals surface area (Å²) in [4.78, 5) is 22.3. The third-order valence-corrected chi connectivity index (χ3v) is 3.02. The third kappa shape index (κ3) is 4.07. The van der Waals surface area contributed by atoms with Gasteiger partial charge >= 0.3 is 0 Å². The van der Waals surface area contributed by atoms with E-state index in [0.717, 1.165) is 12.3 Å². The lowest BCUT2D eigenvalue weighted by Gasteiger charge is -2.08. The van der Waals surface area contributed by atoms with Crippen molar-refractivity contribution in [1.82, 2.24) is 5.43 Å². The van der Waals surface area contributed by atoms with Crippen molar-refractivity contribution in [3.8, 4) is 11.5 Å². The predicted octanol–water partition coefficient (Wildman–Crippen LogP) is 2.46. The van der Waals surface area contributed by atoms with E-state index in [1.54, 1.807) is 31.2 Å². The fraction of sp³-hybridized carbons (Fsp3) is 0.125. The predicted molar refractivity (Wildman–Crippen MR) is 87.4 cm³/mol. The molecule has 0 heterocycles. The molecular weight excluding hydrogens is 314 g/mol. The molecule has 2 N–H and O–H groups in total. The summed E-state index contributed by atoms with van der Waals surface area (Å²) in [7, 11) is 0. The van der Waals surface area contributed by atoms with Gasteiger partial charge in [0.2, 0.25) is 0 Å². The number of aromatic hydroxyl groups is 1. The topological polar surface area (TPSA) is 114 Å². The normalized spacial score (nSPS) is 10.5. The summed E-state index contributed by atoms with van der Waals surface area (Å²) in [6.07, 6.45) is 1.13. The van der Waals surface area contributed by atoms with Gasteiger partial charge in [-0.1, -0.05) is 12.1 Å². The molecule has 1 amide bonds. The van der Waals surface area contributed by atoms with Gasteiger partial charge in [-0.25, -0.2) is 5.43 Å². The van der Waals surface area contributed by atoms with Gasteiger partial charge in [0.1, 0.15) is 11.5 Å². The molecule has 0 spiro atoms. The van der Waals surface area contributed by atoms with E-state index in [1.807, 2.05) is 0 Å². The second-order valence-electron chi connectivity index (χ2n) is 4.63. The lowest BCUT2D eigenvalue weighted by molar-refractivity contribution is -0.384. The molecule has 8 heteroatoms. The molecule has 0 unspecified atom stereocenters. The van der Waals surface area contributed by atoms with Crippen LogP contribution in [0.3, 0.4) is 0 Å². The maximum atomic E-state index is 12.1. The molecular formula is C16H15N3O5. The Morgan fingerprint density at radius 1 is 1.38 bits per heavy atom. The minimum atomic E-state index is -0.590. The molecule has 0 aliphatic heterocycles. The number of hydrogen-bond acceptors (Lipinski definition) is 6. The third-order valence-electron chi connectivity index (χ3n) is 3.02. The molecule has 2 aromatic rings. The first-order chi connectivity index (χ1) is 11.5. The number of nitrogens with one attached hydrogen (secondary N) is 1. The van der Waals surface area contributed by atoms with Crippen LogP contribution in [0.15, 0.2) is 47.6 Å². The molecule has 2 aromatic carbocycles. The fourth-order valence-corrected chi connectivity index (χ4v) is 1.92. The van der Waals surface area contributed by atoms with Crippen LogP contribution < -0.4 is 10.2 Å². The fourth-order valence-electron chi connectivity index (χ4n) is 1.92. The Morgan fingerprint density at radius 2 is 2.12 bits per heavy atom. The van der Waals surface area contributed by atoms with Crippen molar-refractivity contribution >= 4 is 17.8 Å². The van der Waals surface area contributed by atoms with Gasteiger partial charge in [0, 0.05) is 17.7 Å². The van der Waals surface area contributed by atoms with Crippen molar-refractivity contribution < 1.29 is 19.6 Å². The number of benzene rings is 2. The van der Waals surface area contributed by atoms with Gasteiger partial charge in [-0.3, -0.25) is 14.9 Å². The first kappa shape index (κ1) is 16.9. The SMILES string of the molecule is CCOc1ccccc1C(=O)N/N=C\c1cc([N+](=O)[O-])ccc1O. The molecule has 0 saturated heterocycles. The number of phenolic OH excluding ortho intramolecular Hbond substituents is 1. The molecule has 2 rings (SSSR count). The average molecular weight is 329 g/mol. The molecule has 24 heavy (non-hydrogen) atoms. The maximum absolute atomic E-state index is 12.1. The minimum absolute atomic E-state index is 0.114. The molecule has 0 radical (unpaired) electrons. The average Bonchev–Trinajstić information content (AvgIpc) is 2.57. The number of hydrazone groups is 1. The van der Waals surface area contributed by atoms with Crippen LogP contribution in [0.2, 0.25) is 0 Å². The van der Waals surface area contributed by atoms with Gasteiger partial charge in [0.15, 0.2) is 0 Å². The van der Waals surface area contributed by atoms with Crippen LogP contribution in [-0.4, -0.2) is 28.8 Å². The molecule has 0 aliphatic carbocycles. The van der Waals surface area contributed by atoms with Crippen molar-refractivity contribution in [1.29, 1.82) is 0 Å². The number of ether oxygens (including phenoxy) is 1. The molecule has 0 atom stereocenters. The lowest BCUT2D eigenvalue weighted by atomic mass is 10.2. The highest BCUT2D eigenvalue weighted by Gasteiger charge is 2.11. The van der Waals surface area contributed by atoms with Crippen molar-refractivity contribution in [2.24, 2.45) is 5.10 Å². The Bertz CT molecular complexity index is 789. The Kier molecular flexibility index (Phi) is 5.45. The second kappa shape index (κ2) is 7.73. The van der Waals surface area contributed by atoms with E-state index < -0.39 is 10.8 Å². The van der Waals surface area contributed by atoms with E-state index in [9.17, 15) is 20.0 Å². The zero-order valence-corrected chi connectivity index (χ0v) is 12.8. The quantitative estimate of drug-likeness (QED) is 0.480. The smallest absolute Gasteiger partial charge is 0.275 e. The number of non-ortho nitro benzene ring substituents is 1. The number of nitrogens with zero attached hydrogens (tertiary/aromatic N) is 2. The number of rotatable bonds is 6. The van der Waals surface area contributed by atoms with E-state index in [1.165, 1.54) is 12.1 Å². The summed E-state index contributed by atoms with van der Waals surface area (Å²) in [5, 5.41) is 24.1. The van der Waals surface area contributed by atoms with E-state index >= 15 is 0 Å². The summed E-state index contributed by atoms with van der Waals surface area (Å²) in [5.74, 6) is -0.264. The van der Waals surface area contributed by atoms with Crippen LogP contribution >= 0.6 is 0 Å². The van der Waals surface area contributed by atoms with Gasteiger partial charge in [-0.2, -0.15) is 5.10 Å². The largest absolute Gasteiger partial charge is 0.507 e. The van der Waals surface area contributed by atoms with Gasteiger partial charge in [-0.05, 0) is 25.1 Å². The van der Waals surface area contributed by atoms with E-state index in [0.29, 0.717) is 17.9 Å². The van der Waals surface area contributed by atoms with Crippen LogP contribution in [0.4, 0.5) is 5.69 Å². The molecule has 0 bridgehead atoms.